The molecule has 1 heterocycles. The highest BCUT2D eigenvalue weighted by Crippen LogP contribution is 2.34. The largest absolute Gasteiger partial charge is 0.388 e. The van der Waals surface area contributed by atoms with E-state index in [2.05, 4.69) is 64.6 Å². The molecule has 0 saturated heterocycles. The van der Waals surface area contributed by atoms with Crippen LogP contribution in [0.15, 0.2) is 40.9 Å². The number of hydrogen-bond acceptors (Lipinski definition) is 2. The molecule has 0 bridgehead atoms. The van der Waals surface area contributed by atoms with E-state index < -0.39 is 0 Å². The maximum atomic E-state index is 4.81. The average Bonchev–Trinajstić information content (AvgIpc) is 2.47. The molecule has 2 nitrogen and oxygen atoms in total. The molecule has 0 amide bonds. The fourth-order valence-corrected chi connectivity index (χ4v) is 3.02. The van der Waals surface area contributed by atoms with Gasteiger partial charge in [-0.15, -0.1) is 0 Å². The highest BCUT2D eigenvalue weighted by molar-refractivity contribution is 9.10. The van der Waals surface area contributed by atoms with Crippen LogP contribution < -0.4 is 5.32 Å². The highest BCUT2D eigenvalue weighted by atomic mass is 79.9. The molecule has 1 aromatic heterocycles. The summed E-state index contributed by atoms with van der Waals surface area (Å²) in [7, 11) is 1.96. The summed E-state index contributed by atoms with van der Waals surface area (Å²) < 4.78 is 1.11. The maximum absolute atomic E-state index is 4.81. The van der Waals surface area contributed by atoms with Crippen LogP contribution in [-0.4, -0.2) is 12.0 Å². The minimum absolute atomic E-state index is 0.939. The molecule has 0 atom stereocenters. The Morgan fingerprint density at radius 3 is 2.53 bits per heavy atom. The summed E-state index contributed by atoms with van der Waals surface area (Å²) in [5, 5.41) is 6.83. The van der Waals surface area contributed by atoms with Crippen molar-refractivity contribution in [3.05, 3.63) is 46.6 Å². The van der Waals surface area contributed by atoms with Crippen molar-refractivity contribution in [1.82, 2.24) is 4.98 Å². The quantitative estimate of drug-likeness (QED) is 0.690. The Bertz CT molecular complexity index is 765. The average molecular weight is 315 g/mol. The second kappa shape index (κ2) is 4.82. The number of nitrogens with zero attached hydrogens (tertiary/aromatic N) is 1. The molecule has 0 aliphatic heterocycles. The summed E-state index contributed by atoms with van der Waals surface area (Å²) >= 11 is 3.66. The predicted molar refractivity (Wildman–Crippen MR) is 85.9 cm³/mol. The third-order valence-corrected chi connectivity index (χ3v) is 4.11. The van der Waals surface area contributed by atoms with Crippen LogP contribution in [0.2, 0.25) is 0 Å². The lowest BCUT2D eigenvalue weighted by atomic mass is 10.0. The van der Waals surface area contributed by atoms with Crippen molar-refractivity contribution in [1.29, 1.82) is 0 Å². The summed E-state index contributed by atoms with van der Waals surface area (Å²) in [5.74, 6) is 0. The lowest BCUT2D eigenvalue weighted by Gasteiger charge is -2.12. The zero-order valence-electron chi connectivity index (χ0n) is 11.0. The number of aromatic nitrogens is 1. The van der Waals surface area contributed by atoms with Gasteiger partial charge in [0, 0.05) is 33.7 Å². The van der Waals surface area contributed by atoms with Crippen molar-refractivity contribution in [3.63, 3.8) is 0 Å². The fraction of sp³-hybridized carbons (Fsp3) is 0.188. The summed E-state index contributed by atoms with van der Waals surface area (Å²) in [5.41, 5.74) is 3.32. The zero-order valence-corrected chi connectivity index (χ0v) is 12.6. The van der Waals surface area contributed by atoms with Gasteiger partial charge in [-0.1, -0.05) is 47.1 Å². The molecule has 3 rings (SSSR count). The number of nitrogens with one attached hydrogen (secondary N) is 1. The van der Waals surface area contributed by atoms with Gasteiger partial charge < -0.3 is 5.32 Å². The topological polar surface area (TPSA) is 24.9 Å². The van der Waals surface area contributed by atoms with E-state index in [1.165, 1.54) is 10.8 Å². The first-order valence-electron chi connectivity index (χ1n) is 6.43. The molecule has 0 aliphatic carbocycles. The molecule has 0 spiro atoms. The third-order valence-electron chi connectivity index (χ3n) is 3.45. The third kappa shape index (κ3) is 1.98. The molecule has 96 valence electrons. The highest BCUT2D eigenvalue weighted by Gasteiger charge is 2.10. The number of benzene rings is 2. The number of pyridine rings is 1. The van der Waals surface area contributed by atoms with Crippen molar-refractivity contribution in [2.24, 2.45) is 0 Å². The number of aryl methyl sites for hydroxylation is 1. The lowest BCUT2D eigenvalue weighted by molar-refractivity contribution is 1.06. The van der Waals surface area contributed by atoms with Crippen molar-refractivity contribution >= 4 is 43.3 Å². The molecule has 3 aromatic rings. The van der Waals surface area contributed by atoms with E-state index in [9.17, 15) is 0 Å². The van der Waals surface area contributed by atoms with E-state index in [1.807, 2.05) is 7.05 Å². The Hall–Kier alpha value is -1.61. The van der Waals surface area contributed by atoms with Crippen LogP contribution in [0.4, 0.5) is 5.69 Å². The van der Waals surface area contributed by atoms with Gasteiger partial charge in [0.2, 0.25) is 0 Å². The van der Waals surface area contributed by atoms with Gasteiger partial charge in [-0.05, 0) is 23.9 Å². The molecule has 0 fully saturated rings. The van der Waals surface area contributed by atoms with Gasteiger partial charge in [-0.2, -0.15) is 0 Å². The number of fused-ring (bicyclic) bond motifs is 3. The van der Waals surface area contributed by atoms with Gasteiger partial charge in [0.05, 0.1) is 5.52 Å². The van der Waals surface area contributed by atoms with Gasteiger partial charge in [0.1, 0.15) is 0 Å². The number of hydrogen-bond donors (Lipinski definition) is 1. The Kier molecular flexibility index (Phi) is 3.15. The first-order chi connectivity index (χ1) is 9.24. The van der Waals surface area contributed by atoms with E-state index in [-0.39, 0.29) is 0 Å². The van der Waals surface area contributed by atoms with Crippen LogP contribution >= 0.6 is 15.9 Å². The van der Waals surface area contributed by atoms with Crippen molar-refractivity contribution in [3.8, 4) is 0 Å². The fourth-order valence-electron chi connectivity index (χ4n) is 2.45. The summed E-state index contributed by atoms with van der Waals surface area (Å²) in [4.78, 5) is 4.81. The minimum Gasteiger partial charge on any atom is -0.388 e. The standard InChI is InChI=1S/C16H15BrN2/c1-3-10-8-15(18-2)13-9-14(17)11-6-4-5-7-12(11)16(13)19-10/h4-9H,3H2,1-2H3,(H,18,19). The van der Waals surface area contributed by atoms with Gasteiger partial charge in [-0.3, -0.25) is 4.98 Å². The molecule has 3 heteroatoms. The van der Waals surface area contributed by atoms with Crippen molar-refractivity contribution in [2.75, 3.05) is 12.4 Å². The van der Waals surface area contributed by atoms with Gasteiger partial charge in [-0.25, -0.2) is 0 Å². The predicted octanol–water partition coefficient (Wildman–Crippen LogP) is 4.75. The molecule has 1 N–H and O–H groups in total. The molecule has 0 radical (unpaired) electrons. The van der Waals surface area contributed by atoms with E-state index >= 15 is 0 Å². The molecule has 0 saturated carbocycles. The van der Waals surface area contributed by atoms with E-state index in [4.69, 9.17) is 4.98 Å². The first-order valence-corrected chi connectivity index (χ1v) is 7.22. The summed E-state index contributed by atoms with van der Waals surface area (Å²) in [6.07, 6.45) is 0.939. The summed E-state index contributed by atoms with van der Waals surface area (Å²) in [6, 6.07) is 12.7. The molecule has 19 heavy (non-hydrogen) atoms. The lowest BCUT2D eigenvalue weighted by Crippen LogP contribution is -1.96. The van der Waals surface area contributed by atoms with Crippen LogP contribution in [0.25, 0.3) is 21.7 Å². The van der Waals surface area contributed by atoms with Crippen molar-refractivity contribution < 1.29 is 0 Å². The smallest absolute Gasteiger partial charge is 0.0805 e. The van der Waals surface area contributed by atoms with E-state index in [0.717, 1.165) is 33.2 Å². The zero-order chi connectivity index (χ0) is 13.4. The van der Waals surface area contributed by atoms with E-state index in [1.54, 1.807) is 0 Å². The number of rotatable bonds is 2. The Morgan fingerprint density at radius 1 is 1.11 bits per heavy atom. The molecular weight excluding hydrogens is 300 g/mol. The first kappa shape index (κ1) is 12.4. The monoisotopic (exact) mass is 314 g/mol. The second-order valence-electron chi connectivity index (χ2n) is 4.56. The molecule has 0 aliphatic rings. The number of anilines is 1. The van der Waals surface area contributed by atoms with Crippen molar-refractivity contribution in [2.45, 2.75) is 13.3 Å². The SMILES string of the molecule is CCc1cc(NC)c2cc(Br)c3ccccc3c2n1. The Morgan fingerprint density at radius 2 is 1.84 bits per heavy atom. The summed E-state index contributed by atoms with van der Waals surface area (Å²) in [6.45, 7) is 2.13. The molecular formula is C16H15BrN2. The Balaban J connectivity index is 2.53. The molecule has 0 unspecified atom stereocenters. The normalized spacial score (nSPS) is 11.1. The van der Waals surface area contributed by atoms with E-state index in [0.29, 0.717) is 0 Å². The van der Waals surface area contributed by atoms with Crippen LogP contribution in [0.3, 0.4) is 0 Å². The van der Waals surface area contributed by atoms with Gasteiger partial charge >= 0.3 is 0 Å². The van der Waals surface area contributed by atoms with Crippen LogP contribution in [0.5, 0.6) is 0 Å². The second-order valence-corrected chi connectivity index (χ2v) is 5.42. The molecule has 2 aromatic carbocycles. The van der Waals surface area contributed by atoms with Crippen LogP contribution in [-0.2, 0) is 6.42 Å². The van der Waals surface area contributed by atoms with Gasteiger partial charge in [0.25, 0.3) is 0 Å². The van der Waals surface area contributed by atoms with Gasteiger partial charge in [0.15, 0.2) is 0 Å². The number of halogens is 1. The van der Waals surface area contributed by atoms with Crippen LogP contribution in [0, 0.1) is 0 Å². The minimum atomic E-state index is 0.939. The van der Waals surface area contributed by atoms with Crippen LogP contribution in [0.1, 0.15) is 12.6 Å². The maximum Gasteiger partial charge on any atom is 0.0805 e. The Labute approximate surface area is 121 Å².